The van der Waals surface area contributed by atoms with Gasteiger partial charge < -0.3 is 5.32 Å². The highest BCUT2D eigenvalue weighted by Crippen LogP contribution is 2.27. The van der Waals surface area contributed by atoms with Gasteiger partial charge in [0.15, 0.2) is 0 Å². The van der Waals surface area contributed by atoms with Crippen LogP contribution in [0.1, 0.15) is 29.0 Å². The lowest BCUT2D eigenvalue weighted by Gasteiger charge is -2.13. The standard InChI is InChI=1S/C13H15BrN2S/c1-9-7-15-6-5-11(9)8-16-10(2)12-3-4-13(14)17-12/h3-7,10,16H,8H2,1-2H3. The van der Waals surface area contributed by atoms with Gasteiger partial charge in [0, 0.05) is 29.9 Å². The predicted molar refractivity (Wildman–Crippen MR) is 76.2 cm³/mol. The summed E-state index contributed by atoms with van der Waals surface area (Å²) >= 11 is 5.27. The molecule has 0 aliphatic heterocycles. The van der Waals surface area contributed by atoms with Gasteiger partial charge in [-0.1, -0.05) is 0 Å². The molecular weight excluding hydrogens is 296 g/mol. The highest BCUT2D eigenvalue weighted by atomic mass is 79.9. The molecule has 0 aliphatic carbocycles. The van der Waals surface area contributed by atoms with Gasteiger partial charge in [-0.2, -0.15) is 0 Å². The number of halogens is 1. The zero-order valence-corrected chi connectivity index (χ0v) is 12.3. The van der Waals surface area contributed by atoms with E-state index in [1.54, 1.807) is 11.3 Å². The van der Waals surface area contributed by atoms with Crippen molar-refractivity contribution in [3.63, 3.8) is 0 Å². The average molecular weight is 311 g/mol. The van der Waals surface area contributed by atoms with E-state index in [1.807, 2.05) is 12.4 Å². The van der Waals surface area contributed by atoms with E-state index >= 15 is 0 Å². The summed E-state index contributed by atoms with van der Waals surface area (Å²) in [5.41, 5.74) is 2.54. The van der Waals surface area contributed by atoms with Crippen molar-refractivity contribution in [1.29, 1.82) is 0 Å². The molecule has 17 heavy (non-hydrogen) atoms. The van der Waals surface area contributed by atoms with Crippen LogP contribution < -0.4 is 5.32 Å². The molecule has 0 saturated carbocycles. The van der Waals surface area contributed by atoms with E-state index < -0.39 is 0 Å². The van der Waals surface area contributed by atoms with Gasteiger partial charge in [0.05, 0.1) is 3.79 Å². The lowest BCUT2D eigenvalue weighted by atomic mass is 10.1. The second kappa shape index (κ2) is 5.76. The van der Waals surface area contributed by atoms with Crippen molar-refractivity contribution < 1.29 is 0 Å². The van der Waals surface area contributed by atoms with Crippen LogP contribution in [0.15, 0.2) is 34.4 Å². The van der Waals surface area contributed by atoms with Crippen molar-refractivity contribution in [2.45, 2.75) is 26.4 Å². The number of pyridine rings is 1. The fourth-order valence-corrected chi connectivity index (χ4v) is 3.08. The van der Waals surface area contributed by atoms with Crippen molar-refractivity contribution in [2.24, 2.45) is 0 Å². The van der Waals surface area contributed by atoms with Crippen LogP contribution in [0.2, 0.25) is 0 Å². The van der Waals surface area contributed by atoms with E-state index in [2.05, 4.69) is 58.3 Å². The van der Waals surface area contributed by atoms with E-state index in [1.165, 1.54) is 19.8 Å². The molecule has 1 atom stereocenters. The Morgan fingerprint density at radius 1 is 1.41 bits per heavy atom. The van der Waals surface area contributed by atoms with Gasteiger partial charge in [-0.3, -0.25) is 4.98 Å². The lowest BCUT2D eigenvalue weighted by Crippen LogP contribution is -2.17. The summed E-state index contributed by atoms with van der Waals surface area (Å²) < 4.78 is 1.18. The summed E-state index contributed by atoms with van der Waals surface area (Å²) in [4.78, 5) is 5.45. The van der Waals surface area contributed by atoms with Crippen molar-refractivity contribution in [3.8, 4) is 0 Å². The summed E-state index contributed by atoms with van der Waals surface area (Å²) in [7, 11) is 0. The van der Waals surface area contributed by atoms with Crippen LogP contribution in [0.3, 0.4) is 0 Å². The third kappa shape index (κ3) is 3.37. The van der Waals surface area contributed by atoms with Gasteiger partial charge in [-0.05, 0) is 59.1 Å². The van der Waals surface area contributed by atoms with Crippen LogP contribution in [0, 0.1) is 6.92 Å². The summed E-state index contributed by atoms with van der Waals surface area (Å²) in [6.07, 6.45) is 3.75. The minimum Gasteiger partial charge on any atom is -0.305 e. The smallest absolute Gasteiger partial charge is 0.0701 e. The molecule has 2 heterocycles. The SMILES string of the molecule is Cc1cnccc1CNC(C)c1ccc(Br)s1. The minimum atomic E-state index is 0.374. The molecule has 1 N–H and O–H groups in total. The maximum atomic E-state index is 4.10. The molecule has 2 rings (SSSR count). The summed E-state index contributed by atoms with van der Waals surface area (Å²) in [5.74, 6) is 0. The number of thiophene rings is 1. The first kappa shape index (κ1) is 12.7. The molecule has 2 aromatic heterocycles. The Hall–Kier alpha value is -0.710. The molecular formula is C13H15BrN2S. The van der Waals surface area contributed by atoms with Gasteiger partial charge in [0.2, 0.25) is 0 Å². The van der Waals surface area contributed by atoms with Gasteiger partial charge >= 0.3 is 0 Å². The van der Waals surface area contributed by atoms with Crippen LogP contribution in [-0.2, 0) is 6.54 Å². The Morgan fingerprint density at radius 3 is 2.88 bits per heavy atom. The monoisotopic (exact) mass is 310 g/mol. The van der Waals surface area contributed by atoms with E-state index in [9.17, 15) is 0 Å². The zero-order chi connectivity index (χ0) is 12.3. The second-order valence-electron chi connectivity index (χ2n) is 4.05. The molecule has 0 amide bonds. The maximum Gasteiger partial charge on any atom is 0.0701 e. The van der Waals surface area contributed by atoms with Gasteiger partial charge in [0.1, 0.15) is 0 Å². The highest BCUT2D eigenvalue weighted by molar-refractivity contribution is 9.11. The molecule has 0 bridgehead atoms. The predicted octanol–water partition coefficient (Wildman–Crippen LogP) is 4.06. The fourth-order valence-electron chi connectivity index (χ4n) is 1.63. The normalized spacial score (nSPS) is 12.6. The van der Waals surface area contributed by atoms with Gasteiger partial charge in [-0.15, -0.1) is 11.3 Å². The molecule has 90 valence electrons. The van der Waals surface area contributed by atoms with Crippen molar-refractivity contribution in [3.05, 3.63) is 50.4 Å². The van der Waals surface area contributed by atoms with Gasteiger partial charge in [-0.25, -0.2) is 0 Å². The van der Waals surface area contributed by atoms with Crippen molar-refractivity contribution in [2.75, 3.05) is 0 Å². The largest absolute Gasteiger partial charge is 0.305 e. The fraction of sp³-hybridized carbons (Fsp3) is 0.308. The first-order valence-electron chi connectivity index (χ1n) is 5.55. The number of hydrogen-bond acceptors (Lipinski definition) is 3. The lowest BCUT2D eigenvalue weighted by molar-refractivity contribution is 0.581. The number of rotatable bonds is 4. The Bertz CT molecular complexity index is 496. The molecule has 0 aliphatic rings. The Kier molecular flexibility index (Phi) is 4.31. The first-order valence-corrected chi connectivity index (χ1v) is 7.16. The quantitative estimate of drug-likeness (QED) is 0.921. The molecule has 2 aromatic rings. The van der Waals surface area contributed by atoms with Crippen LogP contribution in [0.25, 0.3) is 0 Å². The number of aryl methyl sites for hydroxylation is 1. The molecule has 1 unspecified atom stereocenters. The molecule has 0 saturated heterocycles. The van der Waals surface area contributed by atoms with Crippen LogP contribution in [0.5, 0.6) is 0 Å². The maximum absolute atomic E-state index is 4.10. The molecule has 0 radical (unpaired) electrons. The van der Waals surface area contributed by atoms with Crippen LogP contribution in [-0.4, -0.2) is 4.98 Å². The number of nitrogens with one attached hydrogen (secondary N) is 1. The number of hydrogen-bond donors (Lipinski definition) is 1. The highest BCUT2D eigenvalue weighted by Gasteiger charge is 2.07. The van der Waals surface area contributed by atoms with Gasteiger partial charge in [0.25, 0.3) is 0 Å². The van der Waals surface area contributed by atoms with E-state index in [4.69, 9.17) is 0 Å². The Morgan fingerprint density at radius 2 is 2.24 bits per heavy atom. The zero-order valence-electron chi connectivity index (χ0n) is 9.90. The van der Waals surface area contributed by atoms with E-state index in [-0.39, 0.29) is 0 Å². The summed E-state index contributed by atoms with van der Waals surface area (Å²) in [5, 5.41) is 3.53. The topological polar surface area (TPSA) is 24.9 Å². The molecule has 2 nitrogen and oxygen atoms in total. The molecule has 0 fully saturated rings. The number of nitrogens with zero attached hydrogens (tertiary/aromatic N) is 1. The third-order valence-electron chi connectivity index (χ3n) is 2.76. The second-order valence-corrected chi connectivity index (χ2v) is 6.54. The molecule has 0 spiro atoms. The third-order valence-corrected chi connectivity index (χ3v) is 4.56. The van der Waals surface area contributed by atoms with Crippen molar-refractivity contribution >= 4 is 27.3 Å². The Labute approximate surface area is 114 Å². The Balaban J connectivity index is 1.97. The average Bonchev–Trinajstić information content (AvgIpc) is 2.74. The minimum absolute atomic E-state index is 0.374. The molecule has 0 aromatic carbocycles. The first-order chi connectivity index (χ1) is 8.16. The number of aromatic nitrogens is 1. The van der Waals surface area contributed by atoms with E-state index in [0.717, 1.165) is 6.54 Å². The van der Waals surface area contributed by atoms with Crippen LogP contribution >= 0.6 is 27.3 Å². The summed E-state index contributed by atoms with van der Waals surface area (Å²) in [6, 6.07) is 6.69. The van der Waals surface area contributed by atoms with E-state index in [0.29, 0.717) is 6.04 Å². The molecule has 4 heteroatoms. The van der Waals surface area contributed by atoms with Crippen molar-refractivity contribution in [1.82, 2.24) is 10.3 Å². The van der Waals surface area contributed by atoms with Crippen LogP contribution in [0.4, 0.5) is 0 Å². The summed E-state index contributed by atoms with van der Waals surface area (Å²) in [6.45, 7) is 5.16.